The molecule has 2 nitrogen and oxygen atoms in total. The number of thioether (sulfide) groups is 1. The van der Waals surface area contributed by atoms with Crippen molar-refractivity contribution in [3.05, 3.63) is 29.8 Å². The van der Waals surface area contributed by atoms with Crippen LogP contribution in [0.5, 0.6) is 0 Å². The summed E-state index contributed by atoms with van der Waals surface area (Å²) < 4.78 is 4.72. The number of benzene rings is 1. The van der Waals surface area contributed by atoms with Crippen LogP contribution in [0.25, 0.3) is 0 Å². The van der Waals surface area contributed by atoms with Crippen molar-refractivity contribution in [3.63, 3.8) is 0 Å². The fourth-order valence-corrected chi connectivity index (χ4v) is 2.08. The van der Waals surface area contributed by atoms with E-state index in [4.69, 9.17) is 4.74 Å². The Morgan fingerprint density at radius 3 is 2.87 bits per heavy atom. The molecule has 82 valence electrons. The highest BCUT2D eigenvalue weighted by atomic mass is 32.2. The topological polar surface area (TPSA) is 26.3 Å². The molecule has 1 unspecified atom stereocenters. The molecule has 1 atom stereocenters. The quantitative estimate of drug-likeness (QED) is 0.581. The first-order valence-corrected chi connectivity index (χ1v) is 5.98. The molecule has 0 aliphatic rings. The lowest BCUT2D eigenvalue weighted by Crippen LogP contribution is -2.10. The highest BCUT2D eigenvalue weighted by Crippen LogP contribution is 2.23. The minimum atomic E-state index is -0.188. The summed E-state index contributed by atoms with van der Waals surface area (Å²) in [6.07, 6.45) is 0. The summed E-state index contributed by atoms with van der Waals surface area (Å²) in [5.74, 6) is 0.664. The van der Waals surface area contributed by atoms with Crippen LogP contribution in [-0.4, -0.2) is 18.8 Å². The SMILES string of the molecule is CCSc1cccc(C(C)C(=O)OC)c1. The largest absolute Gasteiger partial charge is 0.469 e. The summed E-state index contributed by atoms with van der Waals surface area (Å²) in [5, 5.41) is 0. The number of hydrogen-bond donors (Lipinski definition) is 0. The maximum atomic E-state index is 11.4. The summed E-state index contributed by atoms with van der Waals surface area (Å²) in [7, 11) is 1.42. The van der Waals surface area contributed by atoms with Gasteiger partial charge in [0.2, 0.25) is 0 Å². The van der Waals surface area contributed by atoms with Gasteiger partial charge in [0.05, 0.1) is 13.0 Å². The second-order valence-corrected chi connectivity index (χ2v) is 4.59. The monoisotopic (exact) mass is 224 g/mol. The van der Waals surface area contributed by atoms with Gasteiger partial charge < -0.3 is 4.74 Å². The van der Waals surface area contributed by atoms with E-state index in [1.165, 1.54) is 12.0 Å². The third kappa shape index (κ3) is 3.27. The molecule has 0 aromatic heterocycles. The molecular weight excluding hydrogens is 208 g/mol. The number of hydrogen-bond acceptors (Lipinski definition) is 3. The molecular formula is C12H16O2S. The molecule has 1 rings (SSSR count). The zero-order chi connectivity index (χ0) is 11.3. The van der Waals surface area contributed by atoms with E-state index in [1.807, 2.05) is 19.1 Å². The van der Waals surface area contributed by atoms with Gasteiger partial charge in [-0.1, -0.05) is 19.1 Å². The molecule has 0 saturated carbocycles. The number of carbonyl (C=O) groups excluding carboxylic acids is 1. The number of carbonyl (C=O) groups is 1. The van der Waals surface area contributed by atoms with E-state index in [1.54, 1.807) is 11.8 Å². The summed E-state index contributed by atoms with van der Waals surface area (Å²) >= 11 is 1.77. The fraction of sp³-hybridized carbons (Fsp3) is 0.417. The number of esters is 1. The van der Waals surface area contributed by atoms with Gasteiger partial charge in [-0.25, -0.2) is 0 Å². The van der Waals surface area contributed by atoms with Gasteiger partial charge in [-0.15, -0.1) is 11.8 Å². The predicted molar refractivity (Wildman–Crippen MR) is 63.3 cm³/mol. The lowest BCUT2D eigenvalue weighted by atomic mass is 10.0. The fourth-order valence-electron chi connectivity index (χ4n) is 1.35. The first kappa shape index (κ1) is 12.1. The summed E-state index contributed by atoms with van der Waals surface area (Å²) in [6, 6.07) is 8.05. The van der Waals surface area contributed by atoms with Crippen LogP contribution in [0.3, 0.4) is 0 Å². The van der Waals surface area contributed by atoms with Crippen LogP contribution in [0, 0.1) is 0 Å². The molecule has 0 radical (unpaired) electrons. The van der Waals surface area contributed by atoms with Gasteiger partial charge in [0.15, 0.2) is 0 Å². The van der Waals surface area contributed by atoms with Gasteiger partial charge in [0.25, 0.3) is 0 Å². The molecule has 3 heteroatoms. The number of methoxy groups -OCH3 is 1. The molecule has 0 spiro atoms. The van der Waals surface area contributed by atoms with E-state index in [9.17, 15) is 4.79 Å². The van der Waals surface area contributed by atoms with Gasteiger partial charge in [-0.2, -0.15) is 0 Å². The normalized spacial score (nSPS) is 12.2. The molecule has 0 aliphatic heterocycles. The molecule has 15 heavy (non-hydrogen) atoms. The Labute approximate surface area is 95.0 Å². The summed E-state index contributed by atoms with van der Waals surface area (Å²) in [4.78, 5) is 12.6. The standard InChI is InChI=1S/C12H16O2S/c1-4-15-11-7-5-6-10(8-11)9(2)12(13)14-3/h5-9H,4H2,1-3H3. The van der Waals surface area contributed by atoms with E-state index in [0.717, 1.165) is 11.3 Å². The lowest BCUT2D eigenvalue weighted by molar-refractivity contribution is -0.141. The molecule has 1 aromatic rings. The molecule has 1 aromatic carbocycles. The maximum absolute atomic E-state index is 11.4. The summed E-state index contributed by atoms with van der Waals surface area (Å²) in [5.41, 5.74) is 1.01. The average molecular weight is 224 g/mol. The van der Waals surface area contributed by atoms with Crippen molar-refractivity contribution < 1.29 is 9.53 Å². The van der Waals surface area contributed by atoms with Crippen molar-refractivity contribution in [3.8, 4) is 0 Å². The van der Waals surface area contributed by atoms with Crippen molar-refractivity contribution >= 4 is 17.7 Å². The number of ether oxygens (including phenoxy) is 1. The van der Waals surface area contributed by atoms with Gasteiger partial charge in [0, 0.05) is 4.90 Å². The second-order valence-electron chi connectivity index (χ2n) is 3.25. The van der Waals surface area contributed by atoms with Crippen molar-refractivity contribution in [2.75, 3.05) is 12.9 Å². The van der Waals surface area contributed by atoms with E-state index < -0.39 is 0 Å². The van der Waals surface area contributed by atoms with Crippen molar-refractivity contribution in [2.24, 2.45) is 0 Å². The van der Waals surface area contributed by atoms with Crippen LogP contribution in [0.2, 0.25) is 0 Å². The Balaban J connectivity index is 2.84. The highest BCUT2D eigenvalue weighted by Gasteiger charge is 2.15. The highest BCUT2D eigenvalue weighted by molar-refractivity contribution is 7.99. The van der Waals surface area contributed by atoms with E-state index >= 15 is 0 Å². The Kier molecular flexibility index (Phi) is 4.69. The van der Waals surface area contributed by atoms with Crippen molar-refractivity contribution in [2.45, 2.75) is 24.7 Å². The van der Waals surface area contributed by atoms with Crippen molar-refractivity contribution in [1.82, 2.24) is 0 Å². The minimum absolute atomic E-state index is 0.186. The Hall–Kier alpha value is -0.960. The second kappa shape index (κ2) is 5.81. The van der Waals surface area contributed by atoms with Gasteiger partial charge in [0.1, 0.15) is 0 Å². The molecule has 0 saturated heterocycles. The molecule has 0 N–H and O–H groups in total. The Morgan fingerprint density at radius 1 is 1.53 bits per heavy atom. The summed E-state index contributed by atoms with van der Waals surface area (Å²) in [6.45, 7) is 3.97. The van der Waals surface area contributed by atoms with Crippen molar-refractivity contribution in [1.29, 1.82) is 0 Å². The van der Waals surface area contributed by atoms with E-state index in [-0.39, 0.29) is 11.9 Å². The van der Waals surface area contributed by atoms with Crippen LogP contribution in [-0.2, 0) is 9.53 Å². The Morgan fingerprint density at radius 2 is 2.27 bits per heavy atom. The van der Waals surface area contributed by atoms with Crippen LogP contribution in [0.4, 0.5) is 0 Å². The Bertz CT molecular complexity index is 336. The molecule has 0 fully saturated rings. The zero-order valence-corrected chi connectivity index (χ0v) is 10.1. The maximum Gasteiger partial charge on any atom is 0.312 e. The minimum Gasteiger partial charge on any atom is -0.469 e. The van der Waals surface area contributed by atoms with Crippen LogP contribution in [0.1, 0.15) is 25.3 Å². The van der Waals surface area contributed by atoms with E-state index in [0.29, 0.717) is 0 Å². The third-order valence-corrected chi connectivity index (χ3v) is 3.10. The lowest BCUT2D eigenvalue weighted by Gasteiger charge is -2.10. The van der Waals surface area contributed by atoms with Crippen LogP contribution < -0.4 is 0 Å². The average Bonchev–Trinajstić information content (AvgIpc) is 2.28. The van der Waals surface area contributed by atoms with E-state index in [2.05, 4.69) is 19.1 Å². The van der Waals surface area contributed by atoms with Crippen LogP contribution in [0.15, 0.2) is 29.2 Å². The molecule has 0 aliphatic carbocycles. The molecule has 0 amide bonds. The predicted octanol–water partition coefficient (Wildman–Crippen LogP) is 3.08. The number of rotatable bonds is 4. The van der Waals surface area contributed by atoms with Gasteiger partial charge >= 0.3 is 5.97 Å². The zero-order valence-electron chi connectivity index (χ0n) is 9.32. The molecule has 0 bridgehead atoms. The van der Waals surface area contributed by atoms with Crippen LogP contribution >= 0.6 is 11.8 Å². The first-order chi connectivity index (χ1) is 7.19. The smallest absolute Gasteiger partial charge is 0.312 e. The first-order valence-electron chi connectivity index (χ1n) is 4.99. The third-order valence-electron chi connectivity index (χ3n) is 2.22. The van der Waals surface area contributed by atoms with Gasteiger partial charge in [-0.05, 0) is 30.4 Å². The molecule has 0 heterocycles. The van der Waals surface area contributed by atoms with Gasteiger partial charge in [-0.3, -0.25) is 4.79 Å².